The molecule has 13 heteroatoms. The maximum atomic E-state index is 13.4. The predicted octanol–water partition coefficient (Wildman–Crippen LogP) is 3.57. The summed E-state index contributed by atoms with van der Waals surface area (Å²) < 4.78 is 51.7. The molecule has 2 fully saturated rings. The van der Waals surface area contributed by atoms with Crippen LogP contribution in [0.3, 0.4) is 0 Å². The molecule has 4 rings (SSSR count). The van der Waals surface area contributed by atoms with Gasteiger partial charge in [-0.3, -0.25) is 4.79 Å². The van der Waals surface area contributed by atoms with Crippen molar-refractivity contribution < 1.29 is 27.4 Å². The van der Waals surface area contributed by atoms with Gasteiger partial charge in [0, 0.05) is 68.9 Å². The molecule has 1 atom stereocenters. The maximum Gasteiger partial charge on any atom is 0.420 e. The van der Waals surface area contributed by atoms with Gasteiger partial charge in [0.15, 0.2) is 0 Å². The number of carbonyl (C=O) groups is 1. The van der Waals surface area contributed by atoms with Crippen molar-refractivity contribution in [3.05, 3.63) is 77.3 Å². The number of rotatable bonds is 11. The lowest BCUT2D eigenvalue weighted by molar-refractivity contribution is -0.0909. The van der Waals surface area contributed by atoms with Gasteiger partial charge in [0.05, 0.1) is 24.5 Å². The molecule has 0 saturated carbocycles. The van der Waals surface area contributed by atoms with Crippen LogP contribution in [0.4, 0.5) is 19.0 Å². The van der Waals surface area contributed by atoms with Gasteiger partial charge in [-0.1, -0.05) is 6.58 Å². The number of benzene rings is 1. The standard InChI is InChI=1S/C30H34F3N7O3/c1-21(36)28(30(31,32)33)26(17-35)40-9-8-23(19-40)20-42-14-15-43-25-5-3-24(4-6-25)29(41)39-12-10-38(11-13-39)27-7-2-22(16-34)18-37-27/h2-7,17-18,23,35H,1,8-15,19-20,36H2/b28-26-,35-17?. The molecular weight excluding hydrogens is 563 g/mol. The van der Waals surface area contributed by atoms with Crippen molar-refractivity contribution in [2.24, 2.45) is 11.7 Å². The van der Waals surface area contributed by atoms with Gasteiger partial charge in [-0.05, 0) is 42.8 Å². The number of nitrogens with zero attached hydrogens (tertiary/aromatic N) is 5. The van der Waals surface area contributed by atoms with Crippen molar-refractivity contribution in [3.8, 4) is 11.8 Å². The normalized spacial score (nSPS) is 17.7. The molecule has 0 bridgehead atoms. The Morgan fingerprint density at radius 1 is 1.12 bits per heavy atom. The number of anilines is 1. The summed E-state index contributed by atoms with van der Waals surface area (Å²) in [4.78, 5) is 22.7. The Balaban J connectivity index is 1.17. The number of likely N-dealkylation sites (tertiary alicyclic amines) is 1. The van der Waals surface area contributed by atoms with E-state index in [2.05, 4.69) is 22.5 Å². The van der Waals surface area contributed by atoms with E-state index in [4.69, 9.17) is 25.9 Å². The van der Waals surface area contributed by atoms with Crippen molar-refractivity contribution >= 4 is 17.9 Å². The van der Waals surface area contributed by atoms with Gasteiger partial charge < -0.3 is 35.3 Å². The third-order valence-corrected chi connectivity index (χ3v) is 7.34. The summed E-state index contributed by atoms with van der Waals surface area (Å²) in [5.74, 6) is 1.31. The monoisotopic (exact) mass is 597 g/mol. The van der Waals surface area contributed by atoms with E-state index in [1.54, 1.807) is 41.4 Å². The second-order valence-electron chi connectivity index (χ2n) is 10.3. The van der Waals surface area contributed by atoms with Crippen LogP contribution >= 0.6 is 0 Å². The van der Waals surface area contributed by atoms with E-state index >= 15 is 0 Å². The van der Waals surface area contributed by atoms with Crippen molar-refractivity contribution in [2.45, 2.75) is 12.6 Å². The number of aromatic nitrogens is 1. The van der Waals surface area contributed by atoms with Crippen molar-refractivity contribution in [2.75, 3.05) is 64.0 Å². The molecule has 2 aromatic rings. The van der Waals surface area contributed by atoms with Crippen LogP contribution in [-0.2, 0) is 4.74 Å². The Hall–Kier alpha value is -4.57. The molecule has 3 heterocycles. The molecule has 2 aliphatic rings. The van der Waals surface area contributed by atoms with Crippen LogP contribution in [0.15, 0.2) is 66.1 Å². The second-order valence-corrected chi connectivity index (χ2v) is 10.3. The summed E-state index contributed by atoms with van der Waals surface area (Å²) in [6, 6.07) is 12.5. The lowest BCUT2D eigenvalue weighted by Gasteiger charge is -2.35. The van der Waals surface area contributed by atoms with Gasteiger partial charge in [-0.15, -0.1) is 0 Å². The topological polar surface area (TPSA) is 132 Å². The van der Waals surface area contributed by atoms with Crippen molar-refractivity contribution in [3.63, 3.8) is 0 Å². The van der Waals surface area contributed by atoms with Gasteiger partial charge >= 0.3 is 6.18 Å². The second kappa shape index (κ2) is 14.1. The number of nitrogens with two attached hydrogens (primary N) is 1. The zero-order valence-corrected chi connectivity index (χ0v) is 23.6. The summed E-state index contributed by atoms with van der Waals surface area (Å²) in [6.45, 7) is 7.20. The number of pyridine rings is 1. The van der Waals surface area contributed by atoms with E-state index in [0.29, 0.717) is 75.4 Å². The van der Waals surface area contributed by atoms with Crippen LogP contribution in [0.5, 0.6) is 5.75 Å². The fourth-order valence-electron chi connectivity index (χ4n) is 5.12. The van der Waals surface area contributed by atoms with Gasteiger partial charge in [0.25, 0.3) is 5.91 Å². The first kappa shape index (κ1) is 31.4. The van der Waals surface area contributed by atoms with Crippen molar-refractivity contribution in [1.29, 1.82) is 10.7 Å². The van der Waals surface area contributed by atoms with Crippen molar-refractivity contribution in [1.82, 2.24) is 14.8 Å². The number of nitrogens with one attached hydrogen (secondary N) is 1. The first-order valence-corrected chi connectivity index (χ1v) is 13.8. The number of nitriles is 1. The molecule has 1 unspecified atom stereocenters. The largest absolute Gasteiger partial charge is 0.491 e. The minimum Gasteiger partial charge on any atom is -0.491 e. The molecule has 0 radical (unpaired) electrons. The van der Waals surface area contributed by atoms with Crippen LogP contribution in [0, 0.1) is 22.7 Å². The van der Waals surface area contributed by atoms with E-state index in [1.807, 2.05) is 6.07 Å². The minimum absolute atomic E-state index is 0.00279. The molecule has 2 saturated heterocycles. The Bertz CT molecular complexity index is 1360. The highest BCUT2D eigenvalue weighted by Gasteiger charge is 2.39. The Kier molecular flexibility index (Phi) is 10.3. The first-order chi connectivity index (χ1) is 20.6. The quantitative estimate of drug-likeness (QED) is 0.228. The van der Waals surface area contributed by atoms with Gasteiger partial charge in [0.2, 0.25) is 0 Å². The number of piperazine rings is 1. The summed E-state index contributed by atoms with van der Waals surface area (Å²) in [5.41, 5.74) is 4.47. The molecule has 1 amide bonds. The number of ether oxygens (including phenoxy) is 2. The average Bonchev–Trinajstić information content (AvgIpc) is 3.47. The minimum atomic E-state index is -4.70. The lowest BCUT2D eigenvalue weighted by atomic mass is 10.1. The SMILES string of the molecule is C=C(N)/C(=C(\C=N)N1CCC(COCCOc2ccc(C(=O)N3CCN(c4ccc(C#N)cn4)CC3)cc2)C1)C(F)(F)F. The summed E-state index contributed by atoms with van der Waals surface area (Å²) in [5, 5.41) is 16.4. The number of hydrogen-bond donors (Lipinski definition) is 2. The Labute approximate surface area is 248 Å². The molecule has 2 aliphatic heterocycles. The fraction of sp³-hybridized carbons (Fsp3) is 0.400. The van der Waals surface area contributed by atoms with Crippen LogP contribution in [0.25, 0.3) is 0 Å². The Morgan fingerprint density at radius 2 is 1.84 bits per heavy atom. The molecular formula is C30H34F3N7O3. The van der Waals surface area contributed by atoms with Gasteiger partial charge in [0.1, 0.15) is 29.8 Å². The summed E-state index contributed by atoms with van der Waals surface area (Å²) >= 11 is 0. The van der Waals surface area contributed by atoms with Gasteiger partial charge in [-0.25, -0.2) is 4.98 Å². The smallest absolute Gasteiger partial charge is 0.420 e. The van der Waals surface area contributed by atoms with E-state index in [9.17, 15) is 18.0 Å². The molecule has 10 nitrogen and oxygen atoms in total. The van der Waals surface area contributed by atoms with E-state index in [0.717, 1.165) is 5.82 Å². The van der Waals surface area contributed by atoms with Gasteiger partial charge in [-0.2, -0.15) is 18.4 Å². The Morgan fingerprint density at radius 3 is 2.42 bits per heavy atom. The molecule has 1 aromatic heterocycles. The molecule has 1 aromatic carbocycles. The first-order valence-electron chi connectivity index (χ1n) is 13.8. The molecule has 0 spiro atoms. The zero-order valence-electron chi connectivity index (χ0n) is 23.6. The highest BCUT2D eigenvalue weighted by atomic mass is 19.4. The summed E-state index contributed by atoms with van der Waals surface area (Å²) in [6.07, 6.45) is -1.86. The predicted molar refractivity (Wildman–Crippen MR) is 155 cm³/mol. The number of allylic oxidation sites excluding steroid dienone is 2. The van der Waals surface area contributed by atoms with Crippen LogP contribution in [0.1, 0.15) is 22.3 Å². The average molecular weight is 598 g/mol. The highest BCUT2D eigenvalue weighted by Crippen LogP contribution is 2.33. The van der Waals surface area contributed by atoms with Crippen LogP contribution < -0.4 is 15.4 Å². The molecule has 43 heavy (non-hydrogen) atoms. The number of alkyl halides is 3. The van der Waals surface area contributed by atoms with E-state index in [1.165, 1.54) is 4.90 Å². The van der Waals surface area contributed by atoms with Crippen LogP contribution in [0.2, 0.25) is 0 Å². The van der Waals surface area contributed by atoms with E-state index < -0.39 is 17.4 Å². The number of hydrogen-bond acceptors (Lipinski definition) is 9. The summed E-state index contributed by atoms with van der Waals surface area (Å²) in [7, 11) is 0. The molecule has 3 N–H and O–H groups in total. The number of halogens is 3. The zero-order chi connectivity index (χ0) is 31.0. The number of carbonyl (C=O) groups excluding carboxylic acids is 1. The third-order valence-electron chi connectivity index (χ3n) is 7.34. The lowest BCUT2D eigenvalue weighted by Crippen LogP contribution is -2.49. The molecule has 228 valence electrons. The van der Waals surface area contributed by atoms with E-state index in [-0.39, 0.29) is 30.7 Å². The van der Waals surface area contributed by atoms with Crippen LogP contribution in [-0.4, -0.2) is 92.2 Å². The third kappa shape index (κ3) is 8.04. The highest BCUT2D eigenvalue weighted by molar-refractivity contribution is 5.94. The fourth-order valence-corrected chi connectivity index (χ4v) is 5.12. The molecule has 0 aliphatic carbocycles. The number of amides is 1. The maximum absolute atomic E-state index is 13.4.